The summed E-state index contributed by atoms with van der Waals surface area (Å²) in [6.45, 7) is 20.9. The Morgan fingerprint density at radius 1 is 0.593 bits per heavy atom. The Labute approximate surface area is 342 Å². The summed E-state index contributed by atoms with van der Waals surface area (Å²) < 4.78 is 26.2. The SMILES string of the molecule is CC(C)(C)OC(=O)Nc1cccc(Br)n1.CC(C)(C)OC(=O)OC(=O)OC(C)(C)C.CN(C(=O)OC(C)(C)C)c1cccc(Br)n1.Nc1cccc(Br)n1. The number of carbonyl (C=O) groups excluding carboxylic acids is 4. The third-order valence-electron chi connectivity index (χ3n) is 4.74. The number of amides is 2. The maximum Gasteiger partial charge on any atom is 0.519 e. The summed E-state index contributed by atoms with van der Waals surface area (Å²) in [7, 11) is 1.63. The molecule has 0 radical (unpaired) electrons. The van der Waals surface area contributed by atoms with Crippen molar-refractivity contribution in [2.75, 3.05) is 23.0 Å². The lowest BCUT2D eigenvalue weighted by Crippen LogP contribution is -2.34. The summed E-state index contributed by atoms with van der Waals surface area (Å²) >= 11 is 9.63. The highest BCUT2D eigenvalue weighted by molar-refractivity contribution is 9.11. The van der Waals surface area contributed by atoms with Crippen LogP contribution in [0.3, 0.4) is 0 Å². The summed E-state index contributed by atoms with van der Waals surface area (Å²) in [5, 5.41) is 2.54. The Morgan fingerprint density at radius 3 is 1.37 bits per heavy atom. The monoisotopic (exact) mass is 948 g/mol. The number of nitrogens with two attached hydrogens (primary N) is 1. The molecule has 0 saturated carbocycles. The summed E-state index contributed by atoms with van der Waals surface area (Å²) in [5.74, 6) is 1.54. The number of pyridine rings is 3. The zero-order valence-corrected chi connectivity index (χ0v) is 37.6. The lowest BCUT2D eigenvalue weighted by molar-refractivity contribution is -0.0294. The summed E-state index contributed by atoms with van der Waals surface area (Å²) in [6, 6.07) is 16.0. The van der Waals surface area contributed by atoms with Crippen LogP contribution < -0.4 is 16.0 Å². The molecule has 0 aliphatic heterocycles. The van der Waals surface area contributed by atoms with Crippen molar-refractivity contribution < 1.29 is 42.9 Å². The van der Waals surface area contributed by atoms with Crippen molar-refractivity contribution in [1.82, 2.24) is 15.0 Å². The molecule has 0 bridgehead atoms. The van der Waals surface area contributed by atoms with E-state index in [2.05, 4.69) is 72.8 Å². The maximum absolute atomic E-state index is 11.7. The number of rotatable bonds is 2. The number of hydrogen-bond acceptors (Lipinski definition) is 13. The largest absolute Gasteiger partial charge is 0.519 e. The van der Waals surface area contributed by atoms with Crippen LogP contribution >= 0.6 is 47.8 Å². The molecule has 3 aromatic heterocycles. The summed E-state index contributed by atoms with van der Waals surface area (Å²) in [5.41, 5.74) is 2.92. The van der Waals surface area contributed by atoms with Gasteiger partial charge in [0.15, 0.2) is 0 Å². The number of aromatic nitrogens is 3. The molecule has 3 N–H and O–H groups in total. The average Bonchev–Trinajstić information content (AvgIpc) is 2.93. The van der Waals surface area contributed by atoms with E-state index >= 15 is 0 Å². The second kappa shape index (κ2) is 22.4. The highest BCUT2D eigenvalue weighted by atomic mass is 79.9. The molecule has 2 amide bonds. The van der Waals surface area contributed by atoms with Crippen molar-refractivity contribution in [2.45, 2.75) is 105 Å². The van der Waals surface area contributed by atoms with Gasteiger partial charge in [-0.3, -0.25) is 10.2 Å². The number of ether oxygens (including phenoxy) is 5. The number of anilines is 3. The molecule has 0 atom stereocenters. The van der Waals surface area contributed by atoms with Gasteiger partial charge in [-0.25, -0.2) is 34.1 Å². The molecule has 3 aromatic rings. The van der Waals surface area contributed by atoms with Gasteiger partial charge in [0.05, 0.1) is 0 Å². The molecule has 0 aromatic carbocycles. The minimum atomic E-state index is -1.06. The lowest BCUT2D eigenvalue weighted by atomic mass is 10.2. The van der Waals surface area contributed by atoms with Crippen LogP contribution in [0.5, 0.6) is 0 Å². The molecule has 15 nitrogen and oxygen atoms in total. The fraction of sp³-hybridized carbons (Fsp3) is 0.472. The van der Waals surface area contributed by atoms with Gasteiger partial charge in [0.2, 0.25) is 0 Å². The van der Waals surface area contributed by atoms with Crippen LogP contribution in [0.25, 0.3) is 0 Å². The zero-order valence-electron chi connectivity index (χ0n) is 32.9. The fourth-order valence-electron chi connectivity index (χ4n) is 2.93. The highest BCUT2D eigenvalue weighted by Crippen LogP contribution is 2.17. The minimum absolute atomic E-state index is 0.418. The van der Waals surface area contributed by atoms with Crippen LogP contribution in [0, 0.1) is 0 Å². The number of hydrogen-bond donors (Lipinski definition) is 2. The third kappa shape index (κ3) is 27.6. The van der Waals surface area contributed by atoms with Crippen molar-refractivity contribution >= 4 is 89.7 Å². The quantitative estimate of drug-likeness (QED) is 0.107. The molecule has 300 valence electrons. The number of carbonyl (C=O) groups is 4. The van der Waals surface area contributed by atoms with Gasteiger partial charge in [-0.05, 0) is 167 Å². The van der Waals surface area contributed by atoms with E-state index in [-0.39, 0.29) is 0 Å². The molecule has 3 heterocycles. The Hall–Kier alpha value is -4.03. The van der Waals surface area contributed by atoms with Gasteiger partial charge in [-0.15, -0.1) is 0 Å². The molecule has 18 heteroatoms. The predicted molar refractivity (Wildman–Crippen MR) is 218 cm³/mol. The van der Waals surface area contributed by atoms with E-state index in [0.717, 1.165) is 4.60 Å². The smallest absolute Gasteiger partial charge is 0.444 e. The van der Waals surface area contributed by atoms with Crippen LogP contribution in [0.1, 0.15) is 83.1 Å². The number of halogens is 3. The first kappa shape index (κ1) is 50.0. The fourth-order valence-corrected chi connectivity index (χ4v) is 3.96. The molecular weight excluding hydrogens is 900 g/mol. The molecule has 0 fully saturated rings. The molecule has 0 aliphatic carbocycles. The number of nitrogens with one attached hydrogen (secondary N) is 1. The number of nitrogen functional groups attached to an aromatic ring is 1. The van der Waals surface area contributed by atoms with Gasteiger partial charge < -0.3 is 29.4 Å². The number of nitrogens with zero attached hydrogens (tertiary/aromatic N) is 4. The molecule has 54 heavy (non-hydrogen) atoms. The molecular formula is C36H51Br3N6O9. The highest BCUT2D eigenvalue weighted by Gasteiger charge is 2.24. The summed E-state index contributed by atoms with van der Waals surface area (Å²) in [4.78, 5) is 58.5. The normalized spacial score (nSPS) is 11.0. The van der Waals surface area contributed by atoms with Gasteiger partial charge >= 0.3 is 24.5 Å². The third-order valence-corrected chi connectivity index (χ3v) is 6.06. The maximum atomic E-state index is 11.7. The van der Waals surface area contributed by atoms with E-state index in [9.17, 15) is 19.2 Å². The van der Waals surface area contributed by atoms with Crippen LogP contribution in [-0.2, 0) is 23.7 Å². The Morgan fingerprint density at radius 2 is 1.00 bits per heavy atom. The second-order valence-electron chi connectivity index (χ2n) is 14.7. The van der Waals surface area contributed by atoms with E-state index in [0.29, 0.717) is 26.7 Å². The summed E-state index contributed by atoms with van der Waals surface area (Å²) in [6.07, 6.45) is -3.04. The molecule has 0 aliphatic rings. The van der Waals surface area contributed by atoms with Crippen LogP contribution in [0.15, 0.2) is 68.4 Å². The standard InChI is InChI=1S/C11H15BrN2O2.C10H13BrN2O2.C10H18O5.C5H5BrN2/c1-11(2,3)16-10(15)14(4)9-7-5-6-8(12)13-9;1-10(2,3)15-9(14)13-8-6-4-5-7(11)12-8;1-9(2,3)14-7(11)13-8(12)15-10(4,5)6;6-4-2-1-3-5(7)8-4/h5-7H,1-4H3;4-6H,1-3H3,(H,12,13,14);1-6H3;1-3H,(H2,7,8). The van der Waals surface area contributed by atoms with Gasteiger partial charge in [0.1, 0.15) is 53.7 Å². The van der Waals surface area contributed by atoms with E-state index in [1.165, 1.54) is 4.90 Å². The molecule has 3 rings (SSSR count). The van der Waals surface area contributed by atoms with Crippen molar-refractivity contribution in [1.29, 1.82) is 0 Å². The molecule has 0 unspecified atom stereocenters. The first-order chi connectivity index (χ1) is 24.4. The molecule has 0 spiro atoms. The first-order valence-electron chi connectivity index (χ1n) is 16.2. The van der Waals surface area contributed by atoms with Gasteiger partial charge in [0.25, 0.3) is 0 Å². The van der Waals surface area contributed by atoms with Crippen molar-refractivity contribution in [3.63, 3.8) is 0 Å². The Kier molecular flexibility index (Phi) is 20.7. The van der Waals surface area contributed by atoms with Crippen LogP contribution in [0.2, 0.25) is 0 Å². The van der Waals surface area contributed by atoms with E-state index < -0.39 is 46.9 Å². The van der Waals surface area contributed by atoms with Crippen molar-refractivity contribution in [3.8, 4) is 0 Å². The molecule has 0 saturated heterocycles. The zero-order chi connectivity index (χ0) is 42.1. The van der Waals surface area contributed by atoms with Crippen LogP contribution in [-0.4, -0.2) is 68.9 Å². The van der Waals surface area contributed by atoms with Crippen LogP contribution in [0.4, 0.5) is 36.6 Å². The second-order valence-corrected chi connectivity index (χ2v) is 17.2. The Balaban J connectivity index is 0.000000709. The topological polar surface area (TPSA) is 194 Å². The van der Waals surface area contributed by atoms with Gasteiger partial charge in [-0.1, -0.05) is 18.2 Å². The van der Waals surface area contributed by atoms with Gasteiger partial charge in [0, 0.05) is 7.05 Å². The average molecular weight is 952 g/mol. The van der Waals surface area contributed by atoms with E-state index in [1.807, 2.05) is 39.0 Å². The van der Waals surface area contributed by atoms with E-state index in [4.69, 9.17) is 24.7 Å². The van der Waals surface area contributed by atoms with Gasteiger partial charge in [-0.2, -0.15) is 0 Å². The van der Waals surface area contributed by atoms with E-state index in [1.54, 1.807) is 106 Å². The lowest BCUT2D eigenvalue weighted by Gasteiger charge is -2.24. The van der Waals surface area contributed by atoms with Crippen molar-refractivity contribution in [3.05, 3.63) is 68.4 Å². The predicted octanol–water partition coefficient (Wildman–Crippen LogP) is 10.7. The Bertz CT molecular complexity index is 1630. The first-order valence-corrected chi connectivity index (χ1v) is 18.6. The minimum Gasteiger partial charge on any atom is -0.444 e. The van der Waals surface area contributed by atoms with Crippen molar-refractivity contribution in [2.24, 2.45) is 0 Å².